The van der Waals surface area contributed by atoms with E-state index in [1.807, 2.05) is 96.1 Å². The largest absolute Gasteiger partial charge is 0.445 e. The predicted octanol–water partition coefficient (Wildman–Crippen LogP) is 4.98. The number of fused-ring (bicyclic) bond motifs is 1. The van der Waals surface area contributed by atoms with Crippen molar-refractivity contribution in [3.05, 3.63) is 71.9 Å². The van der Waals surface area contributed by atoms with E-state index < -0.39 is 42.1 Å². The van der Waals surface area contributed by atoms with Crippen LogP contribution in [0.15, 0.2) is 60.8 Å². The molecule has 11 nitrogen and oxygen atoms in total. The highest BCUT2D eigenvalue weighted by atomic mass is 16.5. The quantitative estimate of drug-likeness (QED) is 0.105. The Bertz CT molecular complexity index is 1490. The Balaban J connectivity index is 1.77. The van der Waals surface area contributed by atoms with Crippen LogP contribution in [-0.4, -0.2) is 64.7 Å². The molecule has 11 heteroatoms. The number of carbonyl (C=O) groups excluding carboxylic acids is 4. The summed E-state index contributed by atoms with van der Waals surface area (Å²) in [5.41, 5.74) is 2.51. The maximum Gasteiger partial charge on any atom is 0.408 e. The van der Waals surface area contributed by atoms with Crippen LogP contribution in [0.1, 0.15) is 78.4 Å². The summed E-state index contributed by atoms with van der Waals surface area (Å²) in [6.45, 7) is 12.5. The fraction of sp³-hybridized carbons (Fsp3) is 0.526. The normalized spacial score (nSPS) is 14.5. The summed E-state index contributed by atoms with van der Waals surface area (Å²) in [5, 5.41) is 23.4. The third-order valence-corrected chi connectivity index (χ3v) is 8.52. The van der Waals surface area contributed by atoms with Crippen molar-refractivity contribution in [1.82, 2.24) is 26.3 Å². The average Bonchev–Trinajstić information content (AvgIpc) is 3.47. The van der Waals surface area contributed by atoms with Crippen LogP contribution in [0.5, 0.6) is 0 Å². The summed E-state index contributed by atoms with van der Waals surface area (Å²) in [5.74, 6) is -0.835. The number of nitrogens with one attached hydrogen (secondary N) is 5. The third kappa shape index (κ3) is 13.2. The molecule has 49 heavy (non-hydrogen) atoms. The smallest absolute Gasteiger partial charge is 0.408 e. The third-order valence-electron chi connectivity index (χ3n) is 8.52. The molecule has 0 bridgehead atoms. The Morgan fingerprint density at radius 1 is 0.816 bits per heavy atom. The van der Waals surface area contributed by atoms with E-state index in [1.54, 1.807) is 6.20 Å². The van der Waals surface area contributed by atoms with Crippen LogP contribution in [0.4, 0.5) is 4.79 Å². The zero-order chi connectivity index (χ0) is 35.9. The van der Waals surface area contributed by atoms with Gasteiger partial charge in [0.1, 0.15) is 18.7 Å². The number of ether oxygens (including phenoxy) is 1. The lowest BCUT2D eigenvalue weighted by Gasteiger charge is -2.29. The number of carbonyl (C=O) groups is 4. The van der Waals surface area contributed by atoms with Crippen molar-refractivity contribution in [2.45, 2.75) is 104 Å². The molecule has 3 unspecified atom stereocenters. The Morgan fingerprint density at radius 3 is 2.14 bits per heavy atom. The van der Waals surface area contributed by atoms with E-state index in [4.69, 9.17) is 4.74 Å². The van der Waals surface area contributed by atoms with Gasteiger partial charge in [-0.2, -0.15) is 0 Å². The zero-order valence-corrected chi connectivity index (χ0v) is 29.8. The van der Waals surface area contributed by atoms with Crippen molar-refractivity contribution in [3.63, 3.8) is 0 Å². The first kappa shape index (κ1) is 39.1. The molecule has 3 aromatic rings. The molecule has 1 aromatic heterocycles. The Hall–Kier alpha value is -4.38. The van der Waals surface area contributed by atoms with E-state index in [0.29, 0.717) is 25.3 Å². The number of aromatic nitrogens is 1. The van der Waals surface area contributed by atoms with Crippen molar-refractivity contribution in [1.29, 1.82) is 0 Å². The number of hydrogen-bond donors (Lipinski definition) is 6. The monoisotopic (exact) mass is 677 g/mol. The molecule has 0 aliphatic rings. The Morgan fingerprint density at radius 2 is 1.47 bits per heavy atom. The number of aliphatic hydroxyl groups is 1. The fourth-order valence-corrected chi connectivity index (χ4v) is 5.55. The summed E-state index contributed by atoms with van der Waals surface area (Å²) in [6, 6.07) is 14.2. The van der Waals surface area contributed by atoms with Crippen molar-refractivity contribution in [3.8, 4) is 0 Å². The molecule has 0 saturated heterocycles. The molecule has 1 heterocycles. The molecule has 0 radical (unpaired) electrons. The SMILES string of the molecule is CCC(C)CNC(=O)CC(O)C(CC(C)C)NC(=O)[C@H](CC(C)C)NC(=O)[C@H](Cc1c[nH]c2ccccc12)NC(=O)OCc1ccccc1. The van der Waals surface area contributed by atoms with Crippen LogP contribution in [0.25, 0.3) is 10.9 Å². The average molecular weight is 678 g/mol. The van der Waals surface area contributed by atoms with Gasteiger partial charge in [0.15, 0.2) is 0 Å². The van der Waals surface area contributed by atoms with Gasteiger partial charge in [0.25, 0.3) is 0 Å². The Kier molecular flexibility index (Phi) is 15.6. The number of hydrogen-bond acceptors (Lipinski definition) is 6. The molecular formula is C38H55N5O6. The van der Waals surface area contributed by atoms with Gasteiger partial charge in [-0.05, 0) is 47.8 Å². The molecular weight excluding hydrogens is 622 g/mol. The van der Waals surface area contributed by atoms with Gasteiger partial charge in [0.2, 0.25) is 17.7 Å². The summed E-state index contributed by atoms with van der Waals surface area (Å²) >= 11 is 0. The summed E-state index contributed by atoms with van der Waals surface area (Å²) < 4.78 is 5.44. The molecule has 268 valence electrons. The van der Waals surface area contributed by atoms with Crippen LogP contribution in [0.2, 0.25) is 0 Å². The number of alkyl carbamates (subject to hydrolysis) is 1. The van der Waals surface area contributed by atoms with Crippen molar-refractivity contribution < 1.29 is 29.0 Å². The fourth-order valence-electron chi connectivity index (χ4n) is 5.55. The van der Waals surface area contributed by atoms with Crippen molar-refractivity contribution in [2.24, 2.45) is 17.8 Å². The van der Waals surface area contributed by atoms with E-state index in [2.05, 4.69) is 26.3 Å². The van der Waals surface area contributed by atoms with Gasteiger partial charge in [0.05, 0.1) is 18.6 Å². The molecule has 3 rings (SSSR count). The molecule has 6 N–H and O–H groups in total. The van der Waals surface area contributed by atoms with E-state index in [9.17, 15) is 24.3 Å². The molecule has 0 aliphatic carbocycles. The predicted molar refractivity (Wildman–Crippen MR) is 191 cm³/mol. The second-order valence-corrected chi connectivity index (χ2v) is 13.8. The Labute approximate surface area is 290 Å². The maximum atomic E-state index is 13.9. The minimum Gasteiger partial charge on any atom is -0.445 e. The number of aliphatic hydroxyl groups excluding tert-OH is 1. The number of H-pyrrole nitrogens is 1. The highest BCUT2D eigenvalue weighted by Crippen LogP contribution is 2.20. The number of amides is 4. The number of para-hydroxylation sites is 1. The molecule has 0 saturated carbocycles. The summed E-state index contributed by atoms with van der Waals surface area (Å²) in [4.78, 5) is 56.5. The van der Waals surface area contributed by atoms with Crippen molar-refractivity contribution >= 4 is 34.7 Å². The van der Waals surface area contributed by atoms with E-state index in [0.717, 1.165) is 28.5 Å². The second kappa shape index (κ2) is 19.6. The maximum absolute atomic E-state index is 13.9. The topological polar surface area (TPSA) is 162 Å². The summed E-state index contributed by atoms with van der Waals surface area (Å²) in [7, 11) is 0. The van der Waals surface area contributed by atoms with Crippen LogP contribution < -0.4 is 21.3 Å². The van der Waals surface area contributed by atoms with Crippen LogP contribution >= 0.6 is 0 Å². The lowest BCUT2D eigenvalue weighted by Crippen LogP contribution is -2.57. The number of rotatable bonds is 19. The first-order valence-corrected chi connectivity index (χ1v) is 17.4. The first-order valence-electron chi connectivity index (χ1n) is 17.4. The molecule has 0 spiro atoms. The lowest BCUT2D eigenvalue weighted by atomic mass is 9.95. The minimum atomic E-state index is -1.12. The van der Waals surface area contributed by atoms with E-state index in [-0.39, 0.29) is 37.2 Å². The van der Waals surface area contributed by atoms with Gasteiger partial charge < -0.3 is 36.1 Å². The molecule has 0 fully saturated rings. The standard InChI is InChI=1S/C38H55N5O6/c1-7-26(6)21-40-35(45)20-34(44)31(17-24(2)3)41-36(46)32(18-25(4)5)42-37(47)33(19-28-22-39-30-16-12-11-15-29(28)30)43-38(48)49-23-27-13-9-8-10-14-27/h8-16,22,24-26,31-34,39,44H,7,17-21,23H2,1-6H3,(H,40,45)(H,41,46)(H,42,47)(H,43,48)/t26?,31?,32-,33-,34?/m0/s1. The van der Waals surface area contributed by atoms with Crippen molar-refractivity contribution in [2.75, 3.05) is 6.54 Å². The van der Waals surface area contributed by atoms with Gasteiger partial charge in [0, 0.05) is 30.1 Å². The highest BCUT2D eigenvalue weighted by Gasteiger charge is 2.32. The highest BCUT2D eigenvalue weighted by molar-refractivity contribution is 5.92. The number of benzene rings is 2. The number of aromatic amines is 1. The first-order chi connectivity index (χ1) is 23.4. The van der Waals surface area contributed by atoms with Crippen LogP contribution in [0, 0.1) is 17.8 Å². The minimum absolute atomic E-state index is 0.0295. The zero-order valence-electron chi connectivity index (χ0n) is 29.8. The van der Waals surface area contributed by atoms with Gasteiger partial charge >= 0.3 is 6.09 Å². The molecule has 4 amide bonds. The van der Waals surface area contributed by atoms with Gasteiger partial charge in [-0.15, -0.1) is 0 Å². The van der Waals surface area contributed by atoms with E-state index >= 15 is 0 Å². The molecule has 0 aliphatic heterocycles. The second-order valence-electron chi connectivity index (χ2n) is 13.8. The van der Waals surface area contributed by atoms with Gasteiger partial charge in [-0.3, -0.25) is 14.4 Å². The van der Waals surface area contributed by atoms with Gasteiger partial charge in [-0.1, -0.05) is 96.5 Å². The molecule has 5 atom stereocenters. The summed E-state index contributed by atoms with van der Waals surface area (Å²) in [6.07, 6.45) is 1.59. The lowest BCUT2D eigenvalue weighted by molar-refractivity contribution is -0.131. The van der Waals surface area contributed by atoms with Crippen LogP contribution in [-0.2, 0) is 32.1 Å². The molecule has 2 aromatic carbocycles. The van der Waals surface area contributed by atoms with Crippen LogP contribution in [0.3, 0.4) is 0 Å². The van der Waals surface area contributed by atoms with E-state index in [1.165, 1.54) is 0 Å². The van der Waals surface area contributed by atoms with Gasteiger partial charge in [-0.25, -0.2) is 4.79 Å².